The van der Waals surface area contributed by atoms with Crippen molar-refractivity contribution in [2.75, 3.05) is 6.61 Å². The molecule has 40 valence electrons. The lowest BCUT2D eigenvalue weighted by Crippen LogP contribution is -1.76. The predicted octanol–water partition coefficient (Wildman–Crippen LogP) is 1.26. The maximum atomic E-state index is 11.1. The molecule has 0 bridgehead atoms. The fourth-order valence-electron chi connectivity index (χ4n) is 0.407. The fourth-order valence-corrected chi connectivity index (χ4v) is 0.407. The Balaban J connectivity index is 1.98. The summed E-state index contributed by atoms with van der Waals surface area (Å²) in [6.07, 6.45) is 3.09. The Labute approximate surface area is 41.8 Å². The summed E-state index contributed by atoms with van der Waals surface area (Å²) in [7, 11) is 0. The van der Waals surface area contributed by atoms with Crippen molar-refractivity contribution >= 4 is 0 Å². The van der Waals surface area contributed by atoms with Crippen LogP contribution < -0.4 is 0 Å². The molecular formula is C5H7FO. The van der Waals surface area contributed by atoms with E-state index in [4.69, 9.17) is 4.74 Å². The molecular weight excluding hydrogens is 95.1 g/mol. The zero-order chi connectivity index (χ0) is 5.11. The Kier molecular flexibility index (Phi) is 1.42. The van der Waals surface area contributed by atoms with Crippen molar-refractivity contribution in [2.24, 2.45) is 0 Å². The SMILES string of the molecule is FC=CCC1CO1. The summed E-state index contributed by atoms with van der Waals surface area (Å²) in [6.45, 7) is 0.810. The molecule has 7 heavy (non-hydrogen) atoms. The number of halogens is 1. The van der Waals surface area contributed by atoms with Crippen LogP contribution in [0.5, 0.6) is 0 Å². The van der Waals surface area contributed by atoms with E-state index in [9.17, 15) is 4.39 Å². The monoisotopic (exact) mass is 102 g/mol. The third kappa shape index (κ3) is 1.69. The second-order valence-corrected chi connectivity index (χ2v) is 1.55. The molecule has 0 aliphatic carbocycles. The zero-order valence-corrected chi connectivity index (χ0v) is 3.93. The van der Waals surface area contributed by atoms with Gasteiger partial charge in [0.25, 0.3) is 0 Å². The van der Waals surface area contributed by atoms with E-state index in [1.54, 1.807) is 0 Å². The van der Waals surface area contributed by atoms with Crippen LogP contribution in [-0.2, 0) is 4.74 Å². The van der Waals surface area contributed by atoms with E-state index in [1.165, 1.54) is 6.08 Å². The van der Waals surface area contributed by atoms with Crippen molar-refractivity contribution in [3.63, 3.8) is 0 Å². The molecule has 0 aromatic rings. The van der Waals surface area contributed by atoms with Gasteiger partial charge in [0.05, 0.1) is 19.0 Å². The number of epoxide rings is 1. The van der Waals surface area contributed by atoms with Gasteiger partial charge in [-0.15, -0.1) is 0 Å². The maximum absolute atomic E-state index is 11.1. The van der Waals surface area contributed by atoms with Gasteiger partial charge in [0.15, 0.2) is 0 Å². The third-order valence-corrected chi connectivity index (χ3v) is 0.890. The van der Waals surface area contributed by atoms with Crippen LogP contribution in [0, 0.1) is 0 Å². The van der Waals surface area contributed by atoms with Crippen LogP contribution >= 0.6 is 0 Å². The highest BCUT2D eigenvalue weighted by Gasteiger charge is 2.19. The first-order valence-electron chi connectivity index (χ1n) is 2.30. The van der Waals surface area contributed by atoms with Crippen LogP contribution in [0.25, 0.3) is 0 Å². The molecule has 1 nitrogen and oxygen atoms in total. The van der Waals surface area contributed by atoms with E-state index in [-0.39, 0.29) is 0 Å². The topological polar surface area (TPSA) is 12.5 Å². The summed E-state index contributed by atoms with van der Waals surface area (Å²) in [5, 5.41) is 0. The molecule has 1 unspecified atom stereocenters. The van der Waals surface area contributed by atoms with Crippen molar-refractivity contribution in [1.82, 2.24) is 0 Å². The summed E-state index contributed by atoms with van der Waals surface area (Å²) >= 11 is 0. The third-order valence-electron chi connectivity index (χ3n) is 0.890. The first-order valence-corrected chi connectivity index (χ1v) is 2.30. The number of rotatable bonds is 2. The summed E-state index contributed by atoms with van der Waals surface area (Å²) in [5.74, 6) is 0. The fraction of sp³-hybridized carbons (Fsp3) is 0.600. The average Bonchev–Trinajstić information content (AvgIpc) is 2.42. The number of hydrogen-bond acceptors (Lipinski definition) is 1. The van der Waals surface area contributed by atoms with Crippen LogP contribution in [-0.4, -0.2) is 12.7 Å². The largest absolute Gasteiger partial charge is 0.373 e. The van der Waals surface area contributed by atoms with Gasteiger partial charge < -0.3 is 4.74 Å². The van der Waals surface area contributed by atoms with Crippen molar-refractivity contribution in [3.8, 4) is 0 Å². The van der Waals surface area contributed by atoms with Crippen molar-refractivity contribution < 1.29 is 9.13 Å². The minimum Gasteiger partial charge on any atom is -0.373 e. The second kappa shape index (κ2) is 2.07. The first kappa shape index (κ1) is 4.78. The lowest BCUT2D eigenvalue weighted by Gasteiger charge is -1.75. The van der Waals surface area contributed by atoms with Gasteiger partial charge in [-0.3, -0.25) is 0 Å². The number of hydrogen-bond donors (Lipinski definition) is 0. The molecule has 0 spiro atoms. The lowest BCUT2D eigenvalue weighted by atomic mass is 10.3. The van der Waals surface area contributed by atoms with Gasteiger partial charge in [-0.1, -0.05) is 6.08 Å². The molecule has 0 aromatic carbocycles. The van der Waals surface area contributed by atoms with Gasteiger partial charge in [-0.05, 0) is 6.42 Å². The molecule has 1 rings (SSSR count). The van der Waals surface area contributed by atoms with Gasteiger partial charge in [0, 0.05) is 0 Å². The summed E-state index contributed by atoms with van der Waals surface area (Å²) in [5.41, 5.74) is 0. The quantitative estimate of drug-likeness (QED) is 0.478. The Hall–Kier alpha value is -0.370. The molecule has 1 saturated heterocycles. The van der Waals surface area contributed by atoms with E-state index in [1.807, 2.05) is 0 Å². The first-order chi connectivity index (χ1) is 3.43. The van der Waals surface area contributed by atoms with Crippen LogP contribution in [0.3, 0.4) is 0 Å². The Morgan fingerprint density at radius 3 is 3.00 bits per heavy atom. The van der Waals surface area contributed by atoms with E-state index in [0.717, 1.165) is 13.0 Å². The minimum absolute atomic E-state index is 0.326. The van der Waals surface area contributed by atoms with Gasteiger partial charge >= 0.3 is 0 Å². The highest BCUT2D eigenvalue weighted by Crippen LogP contribution is 2.13. The highest BCUT2D eigenvalue weighted by molar-refractivity contribution is 4.82. The van der Waals surface area contributed by atoms with Crippen molar-refractivity contribution in [3.05, 3.63) is 12.4 Å². The smallest absolute Gasteiger partial charge is 0.0845 e. The molecule has 0 saturated carbocycles. The standard InChI is InChI=1S/C5H7FO/c6-3-1-2-5-4-7-5/h1,3,5H,2,4H2. The van der Waals surface area contributed by atoms with Crippen LogP contribution in [0.1, 0.15) is 6.42 Å². The highest BCUT2D eigenvalue weighted by atomic mass is 19.1. The van der Waals surface area contributed by atoms with Gasteiger partial charge in [0.1, 0.15) is 0 Å². The van der Waals surface area contributed by atoms with Crippen molar-refractivity contribution in [2.45, 2.75) is 12.5 Å². The van der Waals surface area contributed by atoms with E-state index < -0.39 is 0 Å². The van der Waals surface area contributed by atoms with Gasteiger partial charge in [-0.2, -0.15) is 0 Å². The molecule has 1 fully saturated rings. The van der Waals surface area contributed by atoms with Crippen LogP contribution in [0.15, 0.2) is 12.4 Å². The van der Waals surface area contributed by atoms with Crippen LogP contribution in [0.2, 0.25) is 0 Å². The molecule has 0 radical (unpaired) electrons. The predicted molar refractivity (Wildman–Crippen MR) is 24.6 cm³/mol. The van der Waals surface area contributed by atoms with Gasteiger partial charge in [-0.25, -0.2) is 4.39 Å². The molecule has 0 aromatic heterocycles. The molecule has 0 amide bonds. The average molecular weight is 102 g/mol. The molecule has 0 N–H and O–H groups in total. The van der Waals surface area contributed by atoms with Gasteiger partial charge in [0.2, 0.25) is 0 Å². The summed E-state index contributed by atoms with van der Waals surface area (Å²) < 4.78 is 15.9. The Bertz CT molecular complexity index is 76.1. The van der Waals surface area contributed by atoms with E-state index in [0.29, 0.717) is 12.4 Å². The van der Waals surface area contributed by atoms with E-state index >= 15 is 0 Å². The number of ether oxygens (including phenoxy) is 1. The molecule has 1 aliphatic rings. The second-order valence-electron chi connectivity index (χ2n) is 1.55. The summed E-state index contributed by atoms with van der Waals surface area (Å²) in [6, 6.07) is 0. The maximum Gasteiger partial charge on any atom is 0.0845 e. The zero-order valence-electron chi connectivity index (χ0n) is 3.93. The minimum atomic E-state index is 0.326. The Morgan fingerprint density at radius 1 is 1.86 bits per heavy atom. The van der Waals surface area contributed by atoms with E-state index in [2.05, 4.69) is 0 Å². The molecule has 2 heteroatoms. The normalized spacial score (nSPS) is 29.0. The molecule has 1 heterocycles. The Morgan fingerprint density at radius 2 is 2.57 bits per heavy atom. The molecule has 1 aliphatic heterocycles. The lowest BCUT2D eigenvalue weighted by molar-refractivity contribution is 0.409. The van der Waals surface area contributed by atoms with Crippen molar-refractivity contribution in [1.29, 1.82) is 0 Å². The summed E-state index contributed by atoms with van der Waals surface area (Å²) in [4.78, 5) is 0. The van der Waals surface area contributed by atoms with Crippen LogP contribution in [0.4, 0.5) is 4.39 Å². The molecule has 1 atom stereocenters.